The van der Waals surface area contributed by atoms with Gasteiger partial charge < -0.3 is 15.6 Å². The maximum absolute atomic E-state index is 12.5. The second kappa shape index (κ2) is 5.56. The second-order valence-corrected chi connectivity index (χ2v) is 6.46. The smallest absolute Gasteiger partial charge is 0.268 e. The molecule has 1 atom stereocenters. The summed E-state index contributed by atoms with van der Waals surface area (Å²) in [6.45, 7) is 1.98. The lowest BCUT2D eigenvalue weighted by Crippen LogP contribution is -2.28. The van der Waals surface area contributed by atoms with Crippen LogP contribution in [0.25, 0.3) is 0 Å². The molecule has 5 heteroatoms. The van der Waals surface area contributed by atoms with Crippen LogP contribution in [0.1, 0.15) is 47.9 Å². The van der Waals surface area contributed by atoms with Gasteiger partial charge in [0.05, 0.1) is 11.7 Å². The molecule has 1 saturated carbocycles. The average Bonchev–Trinajstić information content (AvgIpc) is 3.22. The highest BCUT2D eigenvalue weighted by molar-refractivity contribution is 9.10. The standard InChI is InChI=1S/C16H18BrN3O/c1-10(11-2-4-12(17)5-3-11)19-16(21)15-8-13(18)9-20(15)14-6-7-14/h2-5,8-10,14H,6-7,18H2,1H3,(H,19,21)/t10-/m1/s1. The molecular formula is C16H18BrN3O. The number of amides is 1. The Morgan fingerprint density at radius 1 is 1.38 bits per heavy atom. The van der Waals surface area contributed by atoms with Crippen molar-refractivity contribution < 1.29 is 4.79 Å². The maximum Gasteiger partial charge on any atom is 0.268 e. The van der Waals surface area contributed by atoms with E-state index in [4.69, 9.17) is 5.73 Å². The molecule has 0 spiro atoms. The van der Waals surface area contributed by atoms with Crippen molar-refractivity contribution in [1.29, 1.82) is 0 Å². The monoisotopic (exact) mass is 347 g/mol. The van der Waals surface area contributed by atoms with Crippen molar-refractivity contribution in [2.24, 2.45) is 0 Å². The van der Waals surface area contributed by atoms with Crippen LogP contribution in [0.3, 0.4) is 0 Å². The molecule has 2 aromatic rings. The predicted octanol–water partition coefficient (Wildman–Crippen LogP) is 3.66. The fourth-order valence-corrected chi connectivity index (χ4v) is 2.71. The normalized spacial score (nSPS) is 15.7. The molecule has 1 fully saturated rings. The Labute approximate surface area is 132 Å². The fraction of sp³-hybridized carbons (Fsp3) is 0.312. The Hall–Kier alpha value is -1.75. The minimum atomic E-state index is -0.0750. The molecule has 0 bridgehead atoms. The first-order valence-electron chi connectivity index (χ1n) is 7.08. The molecule has 4 nitrogen and oxygen atoms in total. The molecule has 0 radical (unpaired) electrons. The molecule has 1 aliphatic rings. The van der Waals surface area contributed by atoms with Gasteiger partial charge in [-0.2, -0.15) is 0 Å². The second-order valence-electron chi connectivity index (χ2n) is 5.54. The largest absolute Gasteiger partial charge is 0.397 e. The van der Waals surface area contributed by atoms with E-state index in [9.17, 15) is 4.79 Å². The van der Waals surface area contributed by atoms with Crippen LogP contribution in [0.4, 0.5) is 5.69 Å². The van der Waals surface area contributed by atoms with Crippen molar-refractivity contribution in [2.45, 2.75) is 31.8 Å². The summed E-state index contributed by atoms with van der Waals surface area (Å²) in [5, 5.41) is 3.04. The van der Waals surface area contributed by atoms with Gasteiger partial charge in [0.15, 0.2) is 0 Å². The maximum atomic E-state index is 12.5. The molecule has 0 aliphatic heterocycles. The van der Waals surface area contributed by atoms with Gasteiger partial charge in [0.2, 0.25) is 0 Å². The third-order valence-corrected chi connectivity index (χ3v) is 4.29. The highest BCUT2D eigenvalue weighted by Gasteiger charge is 2.28. The van der Waals surface area contributed by atoms with Crippen molar-refractivity contribution in [2.75, 3.05) is 5.73 Å². The van der Waals surface area contributed by atoms with E-state index in [0.717, 1.165) is 22.9 Å². The lowest BCUT2D eigenvalue weighted by atomic mass is 10.1. The van der Waals surface area contributed by atoms with E-state index >= 15 is 0 Å². The van der Waals surface area contributed by atoms with Crippen LogP contribution in [-0.2, 0) is 0 Å². The first-order valence-corrected chi connectivity index (χ1v) is 7.87. The summed E-state index contributed by atoms with van der Waals surface area (Å²) in [4.78, 5) is 12.5. The summed E-state index contributed by atoms with van der Waals surface area (Å²) in [5.41, 5.74) is 8.20. The molecule has 1 aromatic carbocycles. The number of benzene rings is 1. The molecule has 1 heterocycles. The number of aromatic nitrogens is 1. The molecule has 3 N–H and O–H groups in total. The first kappa shape index (κ1) is 14.2. The van der Waals surface area contributed by atoms with Gasteiger partial charge in [-0.25, -0.2) is 0 Å². The zero-order valence-corrected chi connectivity index (χ0v) is 13.4. The van der Waals surface area contributed by atoms with Crippen LogP contribution in [0.2, 0.25) is 0 Å². The summed E-state index contributed by atoms with van der Waals surface area (Å²) < 4.78 is 3.03. The number of carbonyl (C=O) groups excluding carboxylic acids is 1. The van der Waals surface area contributed by atoms with Gasteiger partial charge in [-0.1, -0.05) is 28.1 Å². The quantitative estimate of drug-likeness (QED) is 0.886. The number of carbonyl (C=O) groups is 1. The lowest BCUT2D eigenvalue weighted by Gasteiger charge is -2.15. The van der Waals surface area contributed by atoms with Gasteiger partial charge in [0, 0.05) is 16.7 Å². The predicted molar refractivity (Wildman–Crippen MR) is 87.1 cm³/mol. The number of hydrogen-bond acceptors (Lipinski definition) is 2. The van der Waals surface area contributed by atoms with Crippen LogP contribution in [0.5, 0.6) is 0 Å². The molecule has 0 unspecified atom stereocenters. The minimum absolute atomic E-state index is 0.0469. The van der Waals surface area contributed by atoms with E-state index in [0.29, 0.717) is 17.4 Å². The van der Waals surface area contributed by atoms with E-state index in [-0.39, 0.29) is 11.9 Å². The van der Waals surface area contributed by atoms with Crippen LogP contribution in [0, 0.1) is 0 Å². The van der Waals surface area contributed by atoms with Gasteiger partial charge in [-0.3, -0.25) is 4.79 Å². The van der Waals surface area contributed by atoms with Crippen LogP contribution in [0.15, 0.2) is 41.0 Å². The Kier molecular flexibility index (Phi) is 3.76. The molecular weight excluding hydrogens is 330 g/mol. The Morgan fingerprint density at radius 2 is 2.05 bits per heavy atom. The van der Waals surface area contributed by atoms with Gasteiger partial charge in [0.1, 0.15) is 5.69 Å². The highest BCUT2D eigenvalue weighted by Crippen LogP contribution is 2.37. The van der Waals surface area contributed by atoms with E-state index in [2.05, 4.69) is 21.2 Å². The Morgan fingerprint density at radius 3 is 2.67 bits per heavy atom. The zero-order chi connectivity index (χ0) is 15.0. The summed E-state index contributed by atoms with van der Waals surface area (Å²) >= 11 is 3.41. The van der Waals surface area contributed by atoms with Crippen molar-refractivity contribution in [3.8, 4) is 0 Å². The number of nitrogens with two attached hydrogens (primary N) is 1. The molecule has 21 heavy (non-hydrogen) atoms. The summed E-state index contributed by atoms with van der Waals surface area (Å²) in [5.74, 6) is -0.0750. The lowest BCUT2D eigenvalue weighted by molar-refractivity contribution is 0.0930. The van der Waals surface area contributed by atoms with Gasteiger partial charge in [-0.05, 0) is 43.5 Å². The van der Waals surface area contributed by atoms with Gasteiger partial charge in [-0.15, -0.1) is 0 Å². The van der Waals surface area contributed by atoms with Crippen molar-refractivity contribution >= 4 is 27.5 Å². The Balaban J connectivity index is 1.75. The molecule has 110 valence electrons. The number of anilines is 1. The third kappa shape index (κ3) is 3.13. The van der Waals surface area contributed by atoms with Crippen molar-refractivity contribution in [3.63, 3.8) is 0 Å². The van der Waals surface area contributed by atoms with Gasteiger partial charge >= 0.3 is 0 Å². The summed E-state index contributed by atoms with van der Waals surface area (Å²) in [6.07, 6.45) is 4.10. The van der Waals surface area contributed by atoms with Gasteiger partial charge in [0.25, 0.3) is 5.91 Å². The summed E-state index contributed by atoms with van der Waals surface area (Å²) in [7, 11) is 0. The number of nitrogens with zero attached hydrogens (tertiary/aromatic N) is 1. The number of nitrogens with one attached hydrogen (secondary N) is 1. The zero-order valence-electron chi connectivity index (χ0n) is 11.8. The van der Waals surface area contributed by atoms with Crippen LogP contribution >= 0.6 is 15.9 Å². The first-order chi connectivity index (χ1) is 10.0. The third-order valence-electron chi connectivity index (χ3n) is 3.76. The van der Waals surface area contributed by atoms with E-state index < -0.39 is 0 Å². The van der Waals surface area contributed by atoms with Crippen molar-refractivity contribution in [3.05, 3.63) is 52.3 Å². The molecule has 1 aromatic heterocycles. The highest BCUT2D eigenvalue weighted by atomic mass is 79.9. The topological polar surface area (TPSA) is 60.1 Å². The van der Waals surface area contributed by atoms with Crippen LogP contribution in [-0.4, -0.2) is 10.5 Å². The van der Waals surface area contributed by atoms with E-state index in [1.807, 2.05) is 42.0 Å². The number of rotatable bonds is 4. The SMILES string of the molecule is C[C@@H](NC(=O)c1cc(N)cn1C1CC1)c1ccc(Br)cc1. The number of nitrogen functional groups attached to an aromatic ring is 1. The number of hydrogen-bond donors (Lipinski definition) is 2. The van der Waals surface area contributed by atoms with Crippen molar-refractivity contribution in [1.82, 2.24) is 9.88 Å². The van der Waals surface area contributed by atoms with Crippen LogP contribution < -0.4 is 11.1 Å². The fourth-order valence-electron chi connectivity index (χ4n) is 2.44. The molecule has 3 rings (SSSR count). The van der Waals surface area contributed by atoms with E-state index in [1.165, 1.54) is 0 Å². The average molecular weight is 348 g/mol. The summed E-state index contributed by atoms with van der Waals surface area (Å²) in [6, 6.07) is 10.1. The molecule has 0 saturated heterocycles. The molecule has 1 amide bonds. The minimum Gasteiger partial charge on any atom is -0.397 e. The van der Waals surface area contributed by atoms with E-state index in [1.54, 1.807) is 6.07 Å². The molecule has 1 aliphatic carbocycles. The Bertz CT molecular complexity index is 659. The number of halogens is 1.